The Morgan fingerprint density at radius 1 is 1.23 bits per heavy atom. The Balaban J connectivity index is 1.68. The number of methoxy groups -OCH3 is 2. The fourth-order valence-electron chi connectivity index (χ4n) is 3.73. The van der Waals surface area contributed by atoms with Crippen molar-refractivity contribution in [3.05, 3.63) is 58.3 Å². The number of benzene rings is 1. The predicted molar refractivity (Wildman–Crippen MR) is 98.8 cm³/mol. The van der Waals surface area contributed by atoms with E-state index in [-0.39, 0.29) is 11.6 Å². The first kappa shape index (κ1) is 16.7. The van der Waals surface area contributed by atoms with Crippen molar-refractivity contribution in [3.8, 4) is 11.5 Å². The molecule has 0 spiro atoms. The van der Waals surface area contributed by atoms with Gasteiger partial charge in [0.1, 0.15) is 5.76 Å². The zero-order valence-corrected chi connectivity index (χ0v) is 15.0. The van der Waals surface area contributed by atoms with E-state index < -0.39 is 0 Å². The highest BCUT2D eigenvalue weighted by molar-refractivity contribution is 5.83. The number of ether oxygens (including phenoxy) is 2. The van der Waals surface area contributed by atoms with Crippen molar-refractivity contribution in [2.45, 2.75) is 25.4 Å². The number of aromatic amines is 1. The van der Waals surface area contributed by atoms with Gasteiger partial charge < -0.3 is 18.9 Å². The van der Waals surface area contributed by atoms with Crippen molar-refractivity contribution in [2.24, 2.45) is 0 Å². The molecule has 1 unspecified atom stereocenters. The van der Waals surface area contributed by atoms with Gasteiger partial charge in [-0.15, -0.1) is 0 Å². The average Bonchev–Trinajstić information content (AvgIpc) is 3.32. The van der Waals surface area contributed by atoms with E-state index in [0.717, 1.165) is 41.6 Å². The summed E-state index contributed by atoms with van der Waals surface area (Å²) in [6.45, 7) is 1.54. The van der Waals surface area contributed by atoms with Crippen LogP contribution in [0, 0.1) is 0 Å². The molecule has 1 saturated heterocycles. The van der Waals surface area contributed by atoms with Gasteiger partial charge in [0.15, 0.2) is 11.5 Å². The molecule has 136 valence electrons. The highest BCUT2D eigenvalue weighted by Gasteiger charge is 2.28. The molecule has 1 aliphatic heterocycles. The van der Waals surface area contributed by atoms with Crippen LogP contribution in [0.1, 0.15) is 30.2 Å². The Hall–Kier alpha value is -2.73. The topological polar surface area (TPSA) is 67.7 Å². The summed E-state index contributed by atoms with van der Waals surface area (Å²) in [6.07, 6.45) is 3.85. The number of hydrogen-bond acceptors (Lipinski definition) is 5. The summed E-state index contributed by atoms with van der Waals surface area (Å²) in [7, 11) is 3.19. The molecular weight excluding hydrogens is 332 g/mol. The van der Waals surface area contributed by atoms with Gasteiger partial charge in [-0.2, -0.15) is 0 Å². The lowest BCUT2D eigenvalue weighted by atomic mass is 10.1. The zero-order valence-electron chi connectivity index (χ0n) is 15.0. The molecule has 4 rings (SSSR count). The third kappa shape index (κ3) is 2.97. The molecule has 2 aromatic heterocycles. The molecule has 26 heavy (non-hydrogen) atoms. The van der Waals surface area contributed by atoms with E-state index in [1.54, 1.807) is 26.5 Å². The Morgan fingerprint density at radius 2 is 2.04 bits per heavy atom. The molecule has 6 heteroatoms. The maximum atomic E-state index is 12.6. The third-order valence-corrected chi connectivity index (χ3v) is 5.03. The number of hydrogen-bond donors (Lipinski definition) is 1. The summed E-state index contributed by atoms with van der Waals surface area (Å²) in [5.74, 6) is 2.21. The summed E-state index contributed by atoms with van der Waals surface area (Å²) < 4.78 is 16.3. The second-order valence-corrected chi connectivity index (χ2v) is 6.56. The average molecular weight is 354 g/mol. The van der Waals surface area contributed by atoms with Crippen LogP contribution in [0.25, 0.3) is 10.9 Å². The molecule has 0 amide bonds. The molecule has 3 aromatic rings. The first-order valence-electron chi connectivity index (χ1n) is 8.75. The minimum Gasteiger partial charge on any atom is -0.493 e. The number of nitrogens with zero attached hydrogens (tertiary/aromatic N) is 1. The van der Waals surface area contributed by atoms with E-state index in [0.29, 0.717) is 18.0 Å². The van der Waals surface area contributed by atoms with Crippen LogP contribution in [-0.4, -0.2) is 30.6 Å². The van der Waals surface area contributed by atoms with Gasteiger partial charge in [0.05, 0.1) is 32.0 Å². The Bertz CT molecular complexity index is 962. The zero-order chi connectivity index (χ0) is 18.1. The lowest BCUT2D eigenvalue weighted by Gasteiger charge is -2.22. The van der Waals surface area contributed by atoms with Gasteiger partial charge in [-0.3, -0.25) is 9.69 Å². The van der Waals surface area contributed by atoms with Crippen LogP contribution in [0.3, 0.4) is 0 Å². The Morgan fingerprint density at radius 3 is 2.77 bits per heavy atom. The number of rotatable bonds is 5. The molecule has 3 heterocycles. The van der Waals surface area contributed by atoms with Gasteiger partial charge >= 0.3 is 0 Å². The van der Waals surface area contributed by atoms with Gasteiger partial charge in [-0.05, 0) is 43.7 Å². The number of nitrogens with one attached hydrogen (secondary N) is 1. The molecule has 0 bridgehead atoms. The smallest absolute Gasteiger partial charge is 0.252 e. The molecule has 1 N–H and O–H groups in total. The van der Waals surface area contributed by atoms with E-state index in [2.05, 4.69) is 9.88 Å². The maximum absolute atomic E-state index is 12.6. The van der Waals surface area contributed by atoms with Gasteiger partial charge in [0.2, 0.25) is 0 Å². The molecule has 0 radical (unpaired) electrons. The van der Waals surface area contributed by atoms with E-state index >= 15 is 0 Å². The van der Waals surface area contributed by atoms with Crippen molar-refractivity contribution >= 4 is 10.9 Å². The van der Waals surface area contributed by atoms with Gasteiger partial charge in [-0.1, -0.05) is 0 Å². The highest BCUT2D eigenvalue weighted by Crippen LogP contribution is 2.34. The largest absolute Gasteiger partial charge is 0.493 e. The number of H-pyrrole nitrogens is 1. The van der Waals surface area contributed by atoms with E-state index in [4.69, 9.17) is 13.9 Å². The van der Waals surface area contributed by atoms with Crippen molar-refractivity contribution in [2.75, 3.05) is 20.8 Å². The van der Waals surface area contributed by atoms with Crippen LogP contribution < -0.4 is 15.0 Å². The van der Waals surface area contributed by atoms with E-state index in [9.17, 15) is 4.79 Å². The van der Waals surface area contributed by atoms with Crippen LogP contribution in [0.15, 0.2) is 45.8 Å². The predicted octanol–water partition coefficient (Wildman–Crippen LogP) is 3.48. The van der Waals surface area contributed by atoms with Gasteiger partial charge in [0, 0.05) is 23.6 Å². The number of pyridine rings is 1. The summed E-state index contributed by atoms with van der Waals surface area (Å²) in [5.41, 5.74) is 1.40. The molecular formula is C20H22N2O4. The highest BCUT2D eigenvalue weighted by atomic mass is 16.5. The normalized spacial score (nSPS) is 17.7. The number of furan rings is 1. The molecule has 1 atom stereocenters. The van der Waals surface area contributed by atoms with Crippen LogP contribution in [0.5, 0.6) is 11.5 Å². The Kier molecular flexibility index (Phi) is 4.42. The fraction of sp³-hybridized carbons (Fsp3) is 0.350. The second-order valence-electron chi connectivity index (χ2n) is 6.56. The molecule has 1 aromatic carbocycles. The molecule has 1 fully saturated rings. The number of aromatic nitrogens is 1. The van der Waals surface area contributed by atoms with Crippen LogP contribution >= 0.6 is 0 Å². The van der Waals surface area contributed by atoms with Crippen molar-refractivity contribution in [3.63, 3.8) is 0 Å². The minimum atomic E-state index is -0.0742. The molecule has 0 saturated carbocycles. The minimum absolute atomic E-state index is 0.0742. The summed E-state index contributed by atoms with van der Waals surface area (Å²) in [6, 6.07) is 9.76. The monoisotopic (exact) mass is 354 g/mol. The maximum Gasteiger partial charge on any atom is 0.252 e. The van der Waals surface area contributed by atoms with E-state index in [1.165, 1.54) is 0 Å². The number of likely N-dealkylation sites (tertiary alicyclic amines) is 1. The van der Waals surface area contributed by atoms with Crippen LogP contribution in [0.2, 0.25) is 0 Å². The van der Waals surface area contributed by atoms with Crippen LogP contribution in [0.4, 0.5) is 0 Å². The lowest BCUT2D eigenvalue weighted by Crippen LogP contribution is -2.26. The molecule has 1 aliphatic rings. The lowest BCUT2D eigenvalue weighted by molar-refractivity contribution is 0.220. The molecule has 0 aliphatic carbocycles. The van der Waals surface area contributed by atoms with Crippen molar-refractivity contribution in [1.82, 2.24) is 9.88 Å². The molecule has 6 nitrogen and oxygen atoms in total. The summed E-state index contributed by atoms with van der Waals surface area (Å²) >= 11 is 0. The third-order valence-electron chi connectivity index (χ3n) is 5.03. The van der Waals surface area contributed by atoms with E-state index in [1.807, 2.05) is 24.3 Å². The second kappa shape index (κ2) is 6.88. The Labute approximate surface area is 151 Å². The van der Waals surface area contributed by atoms with Crippen molar-refractivity contribution in [1.29, 1.82) is 0 Å². The number of fused-ring (bicyclic) bond motifs is 1. The summed E-state index contributed by atoms with van der Waals surface area (Å²) in [4.78, 5) is 17.9. The quantitative estimate of drug-likeness (QED) is 0.760. The van der Waals surface area contributed by atoms with Crippen LogP contribution in [-0.2, 0) is 6.54 Å². The first-order valence-corrected chi connectivity index (χ1v) is 8.75. The van der Waals surface area contributed by atoms with Crippen molar-refractivity contribution < 1.29 is 13.9 Å². The van der Waals surface area contributed by atoms with Gasteiger partial charge in [-0.25, -0.2) is 0 Å². The summed E-state index contributed by atoms with van der Waals surface area (Å²) in [5, 5.41) is 0.922. The standard InChI is InChI=1S/C20H22N2O4/c1-24-18-10-13-9-14(20(23)21-15(13)11-19(18)25-2)12-22-7-3-5-16(22)17-6-4-8-26-17/h4,6,8-11,16H,3,5,7,12H2,1-2H3,(H,21,23). The first-order chi connectivity index (χ1) is 12.7. The van der Waals surface area contributed by atoms with Gasteiger partial charge in [0.25, 0.3) is 5.56 Å². The SMILES string of the molecule is COc1cc2cc(CN3CCCC3c3ccco3)c(=O)[nH]c2cc1OC. The fourth-order valence-corrected chi connectivity index (χ4v) is 3.73.